The molecule has 0 aromatic heterocycles. The third-order valence-corrected chi connectivity index (χ3v) is 10.6. The monoisotopic (exact) mass is 904 g/mol. The molecule has 18 nitrogen and oxygen atoms in total. The third-order valence-electron chi connectivity index (χ3n) is 8.96. The van der Waals surface area contributed by atoms with Crippen LogP contribution in [0.4, 0.5) is 11.4 Å². The highest BCUT2D eigenvalue weighted by Gasteiger charge is 2.47. The van der Waals surface area contributed by atoms with E-state index in [9.17, 15) is 40.6 Å². The number of carboxylic acids is 1. The van der Waals surface area contributed by atoms with Crippen LogP contribution in [0.2, 0.25) is 0 Å². The lowest BCUT2D eigenvalue weighted by Crippen LogP contribution is -2.29. The molecule has 0 saturated heterocycles. The van der Waals surface area contributed by atoms with E-state index >= 15 is 0 Å². The number of carboxylic acid groups (broad SMARTS) is 1. The van der Waals surface area contributed by atoms with Crippen LogP contribution in [0.5, 0.6) is 0 Å². The number of rotatable bonds is 15. The Kier molecular flexibility index (Phi) is 19.4. The van der Waals surface area contributed by atoms with Crippen molar-refractivity contribution >= 4 is 70.5 Å². The number of nitrogens with zero attached hydrogens (tertiary/aromatic N) is 2. The predicted molar refractivity (Wildman–Crippen MR) is 216 cm³/mol. The summed E-state index contributed by atoms with van der Waals surface area (Å²) in [6.45, 7) is 10.3. The standard InChI is InChI=1S/C36H44N2O10S2.CH4.2O3S/c1-6-22-48-34(41)26-15-11-17-28-32(26)36(4,5)30(38(28)21-13-24-50(45,46)47)19-9-7-8-18-29-35(2,3)31-25(33(39)40)14-10-16-27(31)37(29)20-12-23-49(42,43)44;;2*1-4(2)3/h7-11,14-19H,6,12-13,20-24H2,1-5H3,(H2-,39,40,42,43,44,45,46,47);1H4;;. The number of aromatic carboxylic acids is 1. The van der Waals surface area contributed by atoms with Crippen molar-refractivity contribution in [1.29, 1.82) is 0 Å². The third kappa shape index (κ3) is 14.7. The topological polar surface area (TPSA) is 284 Å². The Bertz CT molecular complexity index is 2430. The molecule has 4 rings (SSSR count). The van der Waals surface area contributed by atoms with Crippen molar-refractivity contribution in [2.75, 3.05) is 36.1 Å². The zero-order valence-electron chi connectivity index (χ0n) is 32.1. The van der Waals surface area contributed by atoms with Gasteiger partial charge in [-0.1, -0.05) is 58.6 Å². The maximum Gasteiger partial charge on any atom is 0.425 e. The molecule has 22 heteroatoms. The zero-order valence-corrected chi connectivity index (χ0v) is 35.4. The van der Waals surface area contributed by atoms with Gasteiger partial charge < -0.3 is 19.3 Å². The first-order chi connectivity index (χ1) is 26.8. The Balaban J connectivity index is 0.00000177. The lowest BCUT2D eigenvalue weighted by Gasteiger charge is -2.27. The number of fused-ring (bicyclic) bond motifs is 2. The van der Waals surface area contributed by atoms with Crippen LogP contribution in [0, 0.1) is 0 Å². The van der Waals surface area contributed by atoms with Crippen molar-refractivity contribution in [3.63, 3.8) is 0 Å². The van der Waals surface area contributed by atoms with Crippen LogP contribution in [0.3, 0.4) is 0 Å². The highest BCUT2D eigenvalue weighted by atomic mass is 32.2. The molecule has 2 heterocycles. The van der Waals surface area contributed by atoms with Crippen molar-refractivity contribution in [1.82, 2.24) is 0 Å². The van der Waals surface area contributed by atoms with Gasteiger partial charge >= 0.3 is 33.2 Å². The van der Waals surface area contributed by atoms with Gasteiger partial charge in [0.05, 0.1) is 44.6 Å². The van der Waals surface area contributed by atoms with Gasteiger partial charge in [0, 0.05) is 53.2 Å². The molecule has 0 saturated carbocycles. The van der Waals surface area contributed by atoms with Crippen LogP contribution in [0.15, 0.2) is 72.5 Å². The Hall–Kier alpha value is -4.87. The fourth-order valence-electron chi connectivity index (χ4n) is 6.90. The Morgan fingerprint density at radius 1 is 0.847 bits per heavy atom. The first-order valence-electron chi connectivity index (χ1n) is 17.4. The molecule has 0 spiro atoms. The summed E-state index contributed by atoms with van der Waals surface area (Å²) in [6.07, 6.45) is 9.91. The lowest BCUT2D eigenvalue weighted by atomic mass is 9.79. The smallest absolute Gasteiger partial charge is 0.425 e. The van der Waals surface area contributed by atoms with E-state index in [0.717, 1.165) is 22.7 Å². The maximum absolute atomic E-state index is 13.1. The van der Waals surface area contributed by atoms with Crippen molar-refractivity contribution in [3.05, 3.63) is 94.7 Å². The number of carbonyl (C=O) groups is 2. The zero-order chi connectivity index (χ0) is 44.2. The largest absolute Gasteiger partial charge is 0.748 e. The van der Waals surface area contributed by atoms with Crippen molar-refractivity contribution < 1.29 is 75.2 Å². The molecular formula is C37H48N2O16S4. The highest BCUT2D eigenvalue weighted by Crippen LogP contribution is 2.49. The summed E-state index contributed by atoms with van der Waals surface area (Å²) in [6, 6.07) is 10.3. The maximum atomic E-state index is 13.1. The molecule has 2 aliphatic rings. The summed E-state index contributed by atoms with van der Waals surface area (Å²) in [7, 11) is -14.8. The normalized spacial score (nSPS) is 15.7. The summed E-state index contributed by atoms with van der Waals surface area (Å²) in [5.41, 5.74) is 3.28. The predicted octanol–water partition coefficient (Wildman–Crippen LogP) is 3.96. The van der Waals surface area contributed by atoms with Gasteiger partial charge in [-0.15, -0.1) is 25.3 Å². The first-order valence-corrected chi connectivity index (χ1v) is 22.5. The van der Waals surface area contributed by atoms with E-state index in [-0.39, 0.29) is 45.5 Å². The minimum Gasteiger partial charge on any atom is -0.748 e. The first kappa shape index (κ1) is 52.1. The fraction of sp³-hybridized carbons (Fsp3) is 0.432. The number of allylic oxidation sites excluding steroid dienone is 6. The van der Waals surface area contributed by atoms with E-state index in [1.165, 1.54) is 6.07 Å². The van der Waals surface area contributed by atoms with E-state index in [2.05, 4.69) is 0 Å². The van der Waals surface area contributed by atoms with Crippen LogP contribution >= 0.6 is 0 Å². The minimum atomic E-state index is -4.43. The number of carbonyl (C=O) groups excluding carboxylic acids is 1. The molecule has 0 radical (unpaired) electrons. The SMILES string of the molecule is C.CCCOC(=O)c1cccc2c1C(C)(C)C(/C=C/C=C/C=C1/N(CCCS(=O)(=O)O)c3cccc(C(=O)O)c3C1(C)C)=[N+]2CCCS(=O)(=O)[O-].O=S(=O)=O.O=S(=O)=O. The molecule has 0 fully saturated rings. The number of esters is 1. The summed E-state index contributed by atoms with van der Waals surface area (Å²) >= 11 is 0. The van der Waals surface area contributed by atoms with Crippen LogP contribution < -0.4 is 4.90 Å². The van der Waals surface area contributed by atoms with E-state index in [1.807, 2.05) is 62.3 Å². The van der Waals surface area contributed by atoms with Crippen LogP contribution in [0.1, 0.15) is 93.2 Å². The van der Waals surface area contributed by atoms with E-state index in [1.54, 1.807) is 42.5 Å². The fourth-order valence-corrected chi connectivity index (χ4v) is 7.87. The molecule has 0 aliphatic carbocycles. The number of anilines is 1. The average Bonchev–Trinajstić information content (AvgIpc) is 3.43. The molecule has 0 amide bonds. The van der Waals surface area contributed by atoms with Crippen LogP contribution in [0.25, 0.3) is 0 Å². The molecule has 0 unspecified atom stereocenters. The lowest BCUT2D eigenvalue weighted by molar-refractivity contribution is -0.437. The second kappa shape index (κ2) is 21.9. The van der Waals surface area contributed by atoms with Crippen molar-refractivity contribution in [3.8, 4) is 0 Å². The summed E-state index contributed by atoms with van der Waals surface area (Å²) in [4.78, 5) is 27.1. The molecule has 2 aromatic carbocycles. The van der Waals surface area contributed by atoms with Gasteiger partial charge in [0.1, 0.15) is 6.54 Å². The van der Waals surface area contributed by atoms with Crippen molar-refractivity contribution in [2.24, 2.45) is 0 Å². The molecule has 2 aromatic rings. The number of benzene rings is 2. The van der Waals surface area contributed by atoms with Gasteiger partial charge in [-0.25, -0.2) is 18.0 Å². The van der Waals surface area contributed by atoms with Gasteiger partial charge in [-0.2, -0.15) is 13.0 Å². The number of hydrogen-bond donors (Lipinski definition) is 2. The van der Waals surface area contributed by atoms with Gasteiger partial charge in [0.2, 0.25) is 5.69 Å². The minimum absolute atomic E-state index is 0. The Labute approximate surface area is 347 Å². The quantitative estimate of drug-likeness (QED) is 0.111. The van der Waals surface area contributed by atoms with Gasteiger partial charge in [0.15, 0.2) is 5.71 Å². The molecule has 0 atom stereocenters. The average molecular weight is 905 g/mol. The molecule has 59 heavy (non-hydrogen) atoms. The summed E-state index contributed by atoms with van der Waals surface area (Å²) < 4.78 is 124. The molecule has 326 valence electrons. The van der Waals surface area contributed by atoms with Gasteiger partial charge in [0.25, 0.3) is 10.1 Å². The number of ether oxygens (including phenoxy) is 1. The van der Waals surface area contributed by atoms with Gasteiger partial charge in [-0.05, 0) is 51.0 Å². The van der Waals surface area contributed by atoms with E-state index < -0.39 is 75.7 Å². The Morgan fingerprint density at radius 3 is 1.97 bits per heavy atom. The molecule has 2 aliphatic heterocycles. The second-order valence-electron chi connectivity index (χ2n) is 13.7. The number of hydrogen-bond acceptors (Lipinski definition) is 15. The molecular weight excluding hydrogens is 857 g/mol. The molecule has 0 bridgehead atoms. The van der Waals surface area contributed by atoms with Crippen LogP contribution in [-0.4, -0.2) is 110 Å². The van der Waals surface area contributed by atoms with E-state index in [4.69, 9.17) is 30.0 Å². The van der Waals surface area contributed by atoms with Crippen molar-refractivity contribution in [2.45, 2.75) is 72.1 Å². The Morgan fingerprint density at radius 2 is 1.42 bits per heavy atom. The second-order valence-corrected chi connectivity index (χ2v) is 17.7. The summed E-state index contributed by atoms with van der Waals surface area (Å²) in [5.74, 6) is -2.52. The van der Waals surface area contributed by atoms with E-state index in [0.29, 0.717) is 23.2 Å². The molecule has 2 N–H and O–H groups in total. The highest BCUT2D eigenvalue weighted by molar-refractivity contribution is 7.85. The summed E-state index contributed by atoms with van der Waals surface area (Å²) in [5, 5.41) is 9.94. The van der Waals surface area contributed by atoms with Crippen LogP contribution in [-0.2, 0) is 57.0 Å². The van der Waals surface area contributed by atoms with Gasteiger partial charge in [-0.3, -0.25) is 4.55 Å².